The molecule has 0 aliphatic carbocycles. The van der Waals surface area contributed by atoms with Gasteiger partial charge in [-0.15, -0.1) is 0 Å². The molecule has 9 nitrogen and oxygen atoms in total. The van der Waals surface area contributed by atoms with Crippen LogP contribution in [-0.4, -0.2) is 27.0 Å². The van der Waals surface area contributed by atoms with E-state index in [4.69, 9.17) is 15.2 Å². The number of pyridine rings is 2. The lowest BCUT2D eigenvalue weighted by Gasteiger charge is -2.14. The number of aromatic amines is 1. The summed E-state index contributed by atoms with van der Waals surface area (Å²) in [6, 6.07) is 18.3. The lowest BCUT2D eigenvalue weighted by atomic mass is 9.99. The smallest absolute Gasteiger partial charge is 0.262 e. The number of hydrogen-bond acceptors (Lipinski definition) is 6. The second kappa shape index (κ2) is 12.6. The zero-order valence-corrected chi connectivity index (χ0v) is 24.9. The van der Waals surface area contributed by atoms with Crippen molar-refractivity contribution in [3.05, 3.63) is 125 Å². The van der Waals surface area contributed by atoms with Gasteiger partial charge in [-0.2, -0.15) is 0 Å². The highest BCUT2D eigenvalue weighted by Crippen LogP contribution is 2.39. The zero-order chi connectivity index (χ0) is 32.4. The van der Waals surface area contributed by atoms with Gasteiger partial charge in [0.25, 0.3) is 5.56 Å². The van der Waals surface area contributed by atoms with Gasteiger partial charge in [-0.05, 0) is 79.6 Å². The number of nitrogens with zero attached hydrogens (tertiary/aromatic N) is 2. The summed E-state index contributed by atoms with van der Waals surface area (Å²) in [7, 11) is 0. The Labute approximate surface area is 262 Å². The number of H-pyrrole nitrogens is 1. The van der Waals surface area contributed by atoms with Crippen molar-refractivity contribution in [3.63, 3.8) is 0 Å². The van der Waals surface area contributed by atoms with E-state index in [0.29, 0.717) is 28.2 Å². The number of carbonyl (C=O) groups excluding carboxylic acids is 1. The first kappa shape index (κ1) is 30.1. The van der Waals surface area contributed by atoms with Crippen molar-refractivity contribution in [2.75, 3.05) is 17.7 Å². The molecule has 46 heavy (non-hydrogen) atoms. The molecule has 0 spiro atoms. The number of carbonyl (C=O) groups is 1. The molecule has 4 N–H and O–H groups in total. The van der Waals surface area contributed by atoms with Crippen LogP contribution >= 0.6 is 0 Å². The Morgan fingerprint density at radius 1 is 1.00 bits per heavy atom. The van der Waals surface area contributed by atoms with E-state index in [0.717, 1.165) is 22.8 Å². The molecule has 3 aromatic heterocycles. The molecule has 3 heterocycles. The van der Waals surface area contributed by atoms with E-state index in [9.17, 15) is 14.0 Å². The molecule has 3 aromatic carbocycles. The van der Waals surface area contributed by atoms with E-state index >= 15 is 4.39 Å². The molecule has 0 aliphatic rings. The number of nitrogen functional groups attached to an aromatic ring is 1. The largest absolute Gasteiger partial charge is 0.493 e. The van der Waals surface area contributed by atoms with Crippen LogP contribution in [-0.2, 0) is 11.2 Å². The Morgan fingerprint density at radius 2 is 1.80 bits per heavy atom. The number of nitrogens with one attached hydrogen (secondary N) is 2. The second-order valence-corrected chi connectivity index (χ2v) is 10.5. The van der Waals surface area contributed by atoms with Crippen LogP contribution in [0.3, 0.4) is 0 Å². The maximum atomic E-state index is 15.4. The topological polar surface area (TPSA) is 124 Å². The lowest BCUT2D eigenvalue weighted by Crippen LogP contribution is -2.26. The number of halogens is 2. The minimum absolute atomic E-state index is 0.0641. The van der Waals surface area contributed by atoms with Crippen molar-refractivity contribution in [1.82, 2.24) is 14.5 Å². The molecule has 0 saturated carbocycles. The normalized spacial score (nSPS) is 11.0. The number of ether oxygens (including phenoxy) is 2. The van der Waals surface area contributed by atoms with Gasteiger partial charge in [0.15, 0.2) is 11.6 Å². The van der Waals surface area contributed by atoms with Gasteiger partial charge in [0.1, 0.15) is 23.0 Å². The van der Waals surface area contributed by atoms with Gasteiger partial charge in [-0.1, -0.05) is 12.1 Å². The van der Waals surface area contributed by atoms with E-state index in [2.05, 4.69) is 15.3 Å². The summed E-state index contributed by atoms with van der Waals surface area (Å²) in [5.41, 5.74) is 10.1. The maximum absolute atomic E-state index is 15.4. The highest BCUT2D eigenvalue weighted by atomic mass is 19.1. The first-order chi connectivity index (χ1) is 22.2. The fraction of sp³-hybridized carbons (Fsp3) is 0.114. The second-order valence-electron chi connectivity index (χ2n) is 10.5. The third-order valence-corrected chi connectivity index (χ3v) is 7.53. The third-order valence-electron chi connectivity index (χ3n) is 7.53. The van der Waals surface area contributed by atoms with Gasteiger partial charge in [0.2, 0.25) is 5.91 Å². The fourth-order valence-corrected chi connectivity index (χ4v) is 5.23. The number of nitrogens with two attached hydrogens (primary N) is 1. The molecule has 11 heteroatoms. The first-order valence-electron chi connectivity index (χ1n) is 14.5. The zero-order valence-electron chi connectivity index (χ0n) is 24.9. The standard InChI is InChI=1S/C35H29F2N5O4/c1-3-45-29-14-16-42(23-10-7-21(36)8-11-23)35(44)25(29)18-32(43)41-22-9-12-30(27(37)17-22)46-31-13-15-39-34-33(31)26(19-40-34)24-5-4-6-28(38)20(24)2/h4-17,19H,3,18,38H2,1-2H3,(H,39,40)(H,41,43). The van der Waals surface area contributed by atoms with Crippen LogP contribution in [0.25, 0.3) is 27.8 Å². The van der Waals surface area contributed by atoms with E-state index < -0.39 is 23.1 Å². The molecule has 0 atom stereocenters. The van der Waals surface area contributed by atoms with Crippen LogP contribution in [0.15, 0.2) is 96.2 Å². The summed E-state index contributed by atoms with van der Waals surface area (Å²) in [6.45, 7) is 3.95. The average Bonchev–Trinajstić information content (AvgIpc) is 3.47. The number of hydrogen-bond donors (Lipinski definition) is 3. The fourth-order valence-electron chi connectivity index (χ4n) is 5.23. The van der Waals surface area contributed by atoms with Gasteiger partial charge in [-0.25, -0.2) is 13.8 Å². The predicted molar refractivity (Wildman–Crippen MR) is 173 cm³/mol. The van der Waals surface area contributed by atoms with Crippen molar-refractivity contribution >= 4 is 28.3 Å². The van der Waals surface area contributed by atoms with Crippen LogP contribution in [0.2, 0.25) is 0 Å². The Kier molecular flexibility index (Phi) is 8.21. The quantitative estimate of drug-likeness (QED) is 0.151. The number of fused-ring (bicyclic) bond motifs is 1. The number of rotatable bonds is 9. The first-order valence-corrected chi connectivity index (χ1v) is 14.5. The highest BCUT2D eigenvalue weighted by molar-refractivity contribution is 5.99. The van der Waals surface area contributed by atoms with Crippen molar-refractivity contribution in [2.45, 2.75) is 20.3 Å². The van der Waals surface area contributed by atoms with Gasteiger partial charge in [0.05, 0.1) is 24.0 Å². The predicted octanol–water partition coefficient (Wildman–Crippen LogP) is 6.92. The summed E-state index contributed by atoms with van der Waals surface area (Å²) in [6.07, 6.45) is 4.52. The van der Waals surface area contributed by atoms with Gasteiger partial charge in [-0.3, -0.25) is 14.2 Å². The van der Waals surface area contributed by atoms with Crippen LogP contribution in [0.1, 0.15) is 18.1 Å². The molecule has 6 aromatic rings. The van der Waals surface area contributed by atoms with Crippen LogP contribution < -0.4 is 26.1 Å². The van der Waals surface area contributed by atoms with E-state index in [1.807, 2.05) is 25.1 Å². The molecule has 0 saturated heterocycles. The Bertz CT molecular complexity index is 2140. The maximum Gasteiger partial charge on any atom is 0.262 e. The summed E-state index contributed by atoms with van der Waals surface area (Å²) in [5, 5.41) is 3.30. The van der Waals surface area contributed by atoms with Crippen LogP contribution in [0.5, 0.6) is 17.2 Å². The molecule has 0 radical (unpaired) electrons. The van der Waals surface area contributed by atoms with Crippen molar-refractivity contribution in [3.8, 4) is 34.1 Å². The minimum Gasteiger partial charge on any atom is -0.493 e. The molecule has 1 amide bonds. The van der Waals surface area contributed by atoms with Gasteiger partial charge >= 0.3 is 0 Å². The Morgan fingerprint density at radius 3 is 2.57 bits per heavy atom. The lowest BCUT2D eigenvalue weighted by molar-refractivity contribution is -0.115. The van der Waals surface area contributed by atoms with Gasteiger partial charge < -0.3 is 25.5 Å². The monoisotopic (exact) mass is 621 g/mol. The molecule has 0 bridgehead atoms. The minimum atomic E-state index is -0.714. The third kappa shape index (κ3) is 5.90. The Balaban J connectivity index is 1.24. The van der Waals surface area contributed by atoms with E-state index in [1.165, 1.54) is 47.2 Å². The van der Waals surface area contributed by atoms with Crippen molar-refractivity contribution in [2.24, 2.45) is 0 Å². The summed E-state index contributed by atoms with van der Waals surface area (Å²) >= 11 is 0. The molecule has 0 fully saturated rings. The molecule has 0 unspecified atom stereocenters. The summed E-state index contributed by atoms with van der Waals surface area (Å²) < 4.78 is 41.7. The van der Waals surface area contributed by atoms with Crippen LogP contribution in [0, 0.1) is 18.6 Å². The average molecular weight is 622 g/mol. The van der Waals surface area contributed by atoms with Crippen molar-refractivity contribution < 1.29 is 23.0 Å². The number of aromatic nitrogens is 3. The van der Waals surface area contributed by atoms with E-state index in [1.54, 1.807) is 31.5 Å². The number of amides is 1. The SMILES string of the molecule is CCOc1ccn(-c2ccc(F)cc2)c(=O)c1CC(=O)Nc1ccc(Oc2ccnc3[nH]cc(-c4cccc(N)c4C)c23)c(F)c1. The molecule has 232 valence electrons. The molecule has 0 aliphatic heterocycles. The number of anilines is 2. The molecular formula is C35H29F2N5O4. The van der Waals surface area contributed by atoms with Crippen LogP contribution in [0.4, 0.5) is 20.2 Å². The van der Waals surface area contributed by atoms with Crippen molar-refractivity contribution in [1.29, 1.82) is 0 Å². The highest BCUT2D eigenvalue weighted by Gasteiger charge is 2.19. The molecule has 6 rings (SSSR count). The summed E-state index contributed by atoms with van der Waals surface area (Å²) in [4.78, 5) is 33.9. The van der Waals surface area contributed by atoms with Gasteiger partial charge in [0, 0.05) is 47.3 Å². The number of benzene rings is 3. The van der Waals surface area contributed by atoms with E-state index in [-0.39, 0.29) is 35.8 Å². The molecular weight excluding hydrogens is 592 g/mol. The Hall–Kier alpha value is -5.97. The summed E-state index contributed by atoms with van der Waals surface area (Å²) in [5.74, 6) is -1.16.